The van der Waals surface area contributed by atoms with Gasteiger partial charge in [0.05, 0.1) is 35.8 Å². The number of hydrogen-bond donors (Lipinski definition) is 4. The van der Waals surface area contributed by atoms with Crippen molar-refractivity contribution in [3.05, 3.63) is 53.7 Å². The third-order valence-corrected chi connectivity index (χ3v) is 7.40. The number of halogens is 3. The molecule has 1 aromatic carbocycles. The van der Waals surface area contributed by atoms with Crippen molar-refractivity contribution in [2.45, 2.75) is 32.5 Å². The Hall–Kier alpha value is -5.50. The Kier molecular flexibility index (Phi) is 9.47. The van der Waals surface area contributed by atoms with Crippen molar-refractivity contribution in [3.8, 4) is 23.1 Å². The summed E-state index contributed by atoms with van der Waals surface area (Å²) < 4.78 is 49.0. The molecule has 240 valence electrons. The highest BCUT2D eigenvalue weighted by molar-refractivity contribution is 5.99. The number of carbonyl (C=O) groups is 3. The van der Waals surface area contributed by atoms with Gasteiger partial charge in [-0.15, -0.1) is 0 Å². The Morgan fingerprint density at radius 3 is 2.78 bits per heavy atom. The van der Waals surface area contributed by atoms with Crippen LogP contribution in [0.25, 0.3) is 16.9 Å². The Morgan fingerprint density at radius 2 is 2.09 bits per heavy atom. The predicted molar refractivity (Wildman–Crippen MR) is 157 cm³/mol. The van der Waals surface area contributed by atoms with Crippen molar-refractivity contribution in [1.82, 2.24) is 40.1 Å². The molecule has 0 saturated carbocycles. The van der Waals surface area contributed by atoms with Crippen LogP contribution in [-0.4, -0.2) is 68.6 Å². The number of amides is 2. The number of alkyl halides is 3. The number of benzene rings is 1. The molecule has 14 nitrogen and oxygen atoms in total. The van der Waals surface area contributed by atoms with Gasteiger partial charge < -0.3 is 26.0 Å². The smallest absolute Gasteiger partial charge is 0.426 e. The first-order valence-corrected chi connectivity index (χ1v) is 14.3. The van der Waals surface area contributed by atoms with Gasteiger partial charge in [0.25, 0.3) is 12.4 Å². The molecule has 0 bridgehead atoms. The van der Waals surface area contributed by atoms with E-state index in [0.29, 0.717) is 18.0 Å². The van der Waals surface area contributed by atoms with Crippen LogP contribution in [0.3, 0.4) is 0 Å². The van der Waals surface area contributed by atoms with Gasteiger partial charge in [0.15, 0.2) is 22.9 Å². The summed E-state index contributed by atoms with van der Waals surface area (Å²) in [6.45, 7) is 3.56. The number of nitrogens with zero attached hydrogens (tertiary/aromatic N) is 6. The zero-order chi connectivity index (χ0) is 32.8. The summed E-state index contributed by atoms with van der Waals surface area (Å²) in [4.78, 5) is 45.4. The van der Waals surface area contributed by atoms with Crippen LogP contribution in [0.2, 0.25) is 0 Å². The fourth-order valence-electron chi connectivity index (χ4n) is 5.24. The van der Waals surface area contributed by atoms with Crippen molar-refractivity contribution >= 4 is 35.4 Å². The molecule has 4 aromatic rings. The summed E-state index contributed by atoms with van der Waals surface area (Å²) in [6, 6.07) is 4.73. The molecule has 4 heterocycles. The van der Waals surface area contributed by atoms with E-state index < -0.39 is 17.8 Å². The molecule has 3 aromatic heterocycles. The average Bonchev–Trinajstić information content (AvgIpc) is 3.80. The molecular formula is C29H29F3N10O4. The molecular weight excluding hydrogens is 609 g/mol. The lowest BCUT2D eigenvalue weighted by atomic mass is 10.0. The number of nitrogens with one attached hydrogen (secondary N) is 4. The van der Waals surface area contributed by atoms with E-state index in [1.54, 1.807) is 13.0 Å². The molecule has 4 N–H and O–H groups in total. The normalized spacial score (nSPS) is 14.5. The van der Waals surface area contributed by atoms with Crippen molar-refractivity contribution in [3.63, 3.8) is 0 Å². The maximum Gasteiger partial charge on any atom is 0.435 e. The Morgan fingerprint density at radius 1 is 1.26 bits per heavy atom. The van der Waals surface area contributed by atoms with Gasteiger partial charge in [0.2, 0.25) is 5.91 Å². The molecule has 1 atom stereocenters. The fourth-order valence-corrected chi connectivity index (χ4v) is 5.24. The third-order valence-electron chi connectivity index (χ3n) is 7.40. The van der Waals surface area contributed by atoms with Crippen molar-refractivity contribution in [1.29, 1.82) is 5.26 Å². The number of aromatic nitrogens is 5. The summed E-state index contributed by atoms with van der Waals surface area (Å²) in [6.07, 6.45) is 1.53. The van der Waals surface area contributed by atoms with Crippen molar-refractivity contribution < 1.29 is 32.3 Å². The van der Waals surface area contributed by atoms with Gasteiger partial charge in [-0.3, -0.25) is 23.5 Å². The molecule has 1 unspecified atom stereocenters. The van der Waals surface area contributed by atoms with Crippen LogP contribution in [0, 0.1) is 17.2 Å². The van der Waals surface area contributed by atoms with Gasteiger partial charge in [-0.25, -0.2) is 9.97 Å². The molecule has 1 saturated heterocycles. The minimum Gasteiger partial charge on any atom is -0.426 e. The maximum absolute atomic E-state index is 13.8. The molecule has 1 aliphatic heterocycles. The van der Waals surface area contributed by atoms with E-state index in [1.165, 1.54) is 35.1 Å². The number of hydrogen-bond acceptors (Lipinski definition) is 10. The fraction of sp³-hybridized carbons (Fsp3) is 0.345. The Bertz CT molecular complexity index is 1810. The molecule has 0 spiro atoms. The van der Waals surface area contributed by atoms with Crippen LogP contribution in [0.15, 0.2) is 36.9 Å². The Balaban J connectivity index is 1.41. The number of rotatable bonds is 12. The lowest BCUT2D eigenvalue weighted by Crippen LogP contribution is -2.39. The largest absolute Gasteiger partial charge is 0.435 e. The van der Waals surface area contributed by atoms with Crippen molar-refractivity contribution in [2.24, 2.45) is 5.92 Å². The highest BCUT2D eigenvalue weighted by Crippen LogP contribution is 2.38. The standard InChI is InChI=1S/C29H29F3N10O4/c1-2-18-19(28(45)38-14-23(44)36-12-17-5-7-34-11-17)3-4-21(24(18)46-16-43)39-26-27-37-13-22(42(27)10-8-35-26)20-15-41(9-6-33)40-25(20)29(30,31)32/h3-4,8,10,13,15-17,34H,2,5,7,9,11-12,14H2,1H3,(H,35,39)(H,36,44)(H,38,45). The summed E-state index contributed by atoms with van der Waals surface area (Å²) >= 11 is 0. The molecule has 17 heteroatoms. The molecule has 1 fully saturated rings. The van der Waals surface area contributed by atoms with Gasteiger partial charge in [-0.1, -0.05) is 6.92 Å². The summed E-state index contributed by atoms with van der Waals surface area (Å²) in [7, 11) is 0. The van der Waals surface area contributed by atoms with E-state index in [2.05, 4.69) is 36.3 Å². The average molecular weight is 639 g/mol. The lowest BCUT2D eigenvalue weighted by molar-refractivity contribution is -0.141. The predicted octanol–water partition coefficient (Wildman–Crippen LogP) is 2.43. The number of carbonyl (C=O) groups excluding carboxylic acids is 3. The van der Waals surface area contributed by atoms with Crippen LogP contribution in [0.5, 0.6) is 5.75 Å². The van der Waals surface area contributed by atoms with Gasteiger partial charge >= 0.3 is 6.18 Å². The number of ether oxygens (including phenoxy) is 1. The van der Waals surface area contributed by atoms with E-state index in [-0.39, 0.29) is 71.6 Å². The second-order valence-corrected chi connectivity index (χ2v) is 10.4. The highest BCUT2D eigenvalue weighted by atomic mass is 19.4. The molecule has 1 aliphatic rings. The number of anilines is 2. The van der Waals surface area contributed by atoms with Crippen LogP contribution in [0.4, 0.5) is 24.7 Å². The lowest BCUT2D eigenvalue weighted by Gasteiger charge is -2.17. The quantitative estimate of drug-likeness (QED) is 0.168. The van der Waals surface area contributed by atoms with E-state index in [0.717, 1.165) is 30.4 Å². The molecule has 0 aliphatic carbocycles. The molecule has 5 rings (SSSR count). The zero-order valence-corrected chi connectivity index (χ0v) is 24.5. The van der Waals surface area contributed by atoms with Crippen LogP contribution < -0.4 is 26.0 Å². The van der Waals surface area contributed by atoms with Gasteiger partial charge in [0.1, 0.15) is 6.54 Å². The van der Waals surface area contributed by atoms with Crippen LogP contribution >= 0.6 is 0 Å². The molecule has 2 amide bonds. The number of imidazole rings is 1. The van der Waals surface area contributed by atoms with E-state index in [1.807, 2.05) is 0 Å². The first-order valence-electron chi connectivity index (χ1n) is 14.3. The summed E-state index contributed by atoms with van der Waals surface area (Å²) in [5.41, 5.74) is -0.510. The first kappa shape index (κ1) is 31.9. The van der Waals surface area contributed by atoms with Gasteiger partial charge in [-0.05, 0) is 44.0 Å². The molecule has 46 heavy (non-hydrogen) atoms. The van der Waals surface area contributed by atoms with Crippen LogP contribution in [-0.2, 0) is 28.7 Å². The topological polar surface area (TPSA) is 180 Å². The van der Waals surface area contributed by atoms with Gasteiger partial charge in [0, 0.05) is 36.3 Å². The number of fused-ring (bicyclic) bond motifs is 1. The monoisotopic (exact) mass is 638 g/mol. The van der Waals surface area contributed by atoms with Crippen molar-refractivity contribution in [2.75, 3.05) is 31.5 Å². The van der Waals surface area contributed by atoms with E-state index in [9.17, 15) is 27.6 Å². The summed E-state index contributed by atoms with van der Waals surface area (Å²) in [5.74, 6) is -0.410. The number of nitriles is 1. The third kappa shape index (κ3) is 6.76. The van der Waals surface area contributed by atoms with Crippen LogP contribution in [0.1, 0.15) is 35.0 Å². The molecule has 0 radical (unpaired) electrons. The second-order valence-electron chi connectivity index (χ2n) is 10.4. The summed E-state index contributed by atoms with van der Waals surface area (Å²) in [5, 5.41) is 24.1. The highest BCUT2D eigenvalue weighted by Gasteiger charge is 2.38. The minimum absolute atomic E-state index is 0.0241. The van der Waals surface area contributed by atoms with Gasteiger partial charge in [-0.2, -0.15) is 23.5 Å². The first-order chi connectivity index (χ1) is 22.1. The zero-order valence-electron chi connectivity index (χ0n) is 24.5. The minimum atomic E-state index is -4.79. The van der Waals surface area contributed by atoms with E-state index >= 15 is 0 Å². The second kappa shape index (κ2) is 13.6. The Labute approximate surface area is 260 Å². The van der Waals surface area contributed by atoms with E-state index in [4.69, 9.17) is 10.00 Å². The maximum atomic E-state index is 13.8. The SMILES string of the molecule is CCc1c(C(=O)NCC(=O)NCC2CCNC2)ccc(Nc2nccn3c(-c4cn(CC#N)nc4C(F)(F)F)cnc23)c1OC=O.